The third-order valence-electron chi connectivity index (χ3n) is 4.89. The SMILES string of the molecule is COc1cc(/C=N/NC(=O)COc2c(C)cc([N+](=O)[O-])cc2C)ccc1OC(=O)c1ccccc1Br. The maximum atomic E-state index is 12.5. The number of aryl methyl sites for hydroxylation is 2. The summed E-state index contributed by atoms with van der Waals surface area (Å²) in [5.41, 5.74) is 4.34. The summed E-state index contributed by atoms with van der Waals surface area (Å²) in [6, 6.07) is 14.4. The third-order valence-corrected chi connectivity index (χ3v) is 5.58. The Hall–Kier alpha value is -4.25. The predicted molar refractivity (Wildman–Crippen MR) is 136 cm³/mol. The summed E-state index contributed by atoms with van der Waals surface area (Å²) in [5, 5.41) is 14.8. The van der Waals surface area contributed by atoms with E-state index in [1.165, 1.54) is 25.5 Å². The van der Waals surface area contributed by atoms with Crippen molar-refractivity contribution in [2.24, 2.45) is 5.10 Å². The number of nitro groups is 1. The average Bonchev–Trinajstić information content (AvgIpc) is 2.84. The number of ether oxygens (including phenoxy) is 3. The normalized spacial score (nSPS) is 10.7. The number of carbonyl (C=O) groups is 2. The highest BCUT2D eigenvalue weighted by Gasteiger charge is 2.16. The van der Waals surface area contributed by atoms with Crippen molar-refractivity contribution in [3.8, 4) is 17.2 Å². The van der Waals surface area contributed by atoms with E-state index >= 15 is 0 Å². The Morgan fingerprint density at radius 3 is 2.42 bits per heavy atom. The number of halogens is 1. The second-order valence-electron chi connectivity index (χ2n) is 7.53. The fourth-order valence-corrected chi connectivity index (χ4v) is 3.69. The summed E-state index contributed by atoms with van der Waals surface area (Å²) >= 11 is 3.32. The number of rotatable bonds is 9. The van der Waals surface area contributed by atoms with Crippen LogP contribution in [0.5, 0.6) is 17.2 Å². The highest BCUT2D eigenvalue weighted by molar-refractivity contribution is 9.10. The number of non-ortho nitro benzene ring substituents is 1. The molecule has 186 valence electrons. The van der Waals surface area contributed by atoms with Crippen LogP contribution in [0.3, 0.4) is 0 Å². The number of carbonyl (C=O) groups excluding carboxylic acids is 2. The van der Waals surface area contributed by atoms with Gasteiger partial charge in [0.1, 0.15) is 5.75 Å². The number of nitrogens with one attached hydrogen (secondary N) is 1. The minimum Gasteiger partial charge on any atom is -0.493 e. The first-order valence-electron chi connectivity index (χ1n) is 10.5. The van der Waals surface area contributed by atoms with E-state index in [-0.39, 0.29) is 18.0 Å². The molecule has 0 aliphatic heterocycles. The van der Waals surface area contributed by atoms with E-state index in [1.807, 2.05) is 0 Å². The van der Waals surface area contributed by atoms with Gasteiger partial charge >= 0.3 is 5.97 Å². The molecular weight excluding hydrogens is 534 g/mol. The molecule has 0 spiro atoms. The van der Waals surface area contributed by atoms with Crippen LogP contribution in [-0.2, 0) is 4.79 Å². The Balaban J connectivity index is 1.59. The minimum absolute atomic E-state index is 0.0458. The van der Waals surface area contributed by atoms with Crippen LogP contribution in [0.4, 0.5) is 5.69 Å². The number of hydrazone groups is 1. The maximum absolute atomic E-state index is 12.5. The second kappa shape index (κ2) is 11.9. The number of nitro benzene ring substituents is 1. The quantitative estimate of drug-likeness (QED) is 0.133. The molecule has 0 aliphatic carbocycles. The Morgan fingerprint density at radius 2 is 1.78 bits per heavy atom. The molecule has 0 saturated heterocycles. The van der Waals surface area contributed by atoms with Gasteiger partial charge in [-0.2, -0.15) is 5.10 Å². The molecular formula is C25H22BrN3O7. The molecule has 36 heavy (non-hydrogen) atoms. The van der Waals surface area contributed by atoms with Crippen molar-refractivity contribution >= 4 is 39.7 Å². The van der Waals surface area contributed by atoms with Crippen molar-refractivity contribution in [3.63, 3.8) is 0 Å². The molecule has 11 heteroatoms. The first-order valence-corrected chi connectivity index (χ1v) is 11.3. The van der Waals surface area contributed by atoms with Crippen molar-refractivity contribution < 1.29 is 28.7 Å². The van der Waals surface area contributed by atoms with Gasteiger partial charge in [-0.25, -0.2) is 10.2 Å². The molecule has 10 nitrogen and oxygen atoms in total. The first kappa shape index (κ1) is 26.4. The van der Waals surface area contributed by atoms with E-state index in [2.05, 4.69) is 26.5 Å². The van der Waals surface area contributed by atoms with Crippen molar-refractivity contribution in [2.45, 2.75) is 13.8 Å². The Bertz CT molecular complexity index is 1320. The van der Waals surface area contributed by atoms with Gasteiger partial charge in [0.25, 0.3) is 11.6 Å². The third kappa shape index (κ3) is 6.66. The highest BCUT2D eigenvalue weighted by atomic mass is 79.9. The van der Waals surface area contributed by atoms with E-state index in [9.17, 15) is 19.7 Å². The number of methoxy groups -OCH3 is 1. The highest BCUT2D eigenvalue weighted by Crippen LogP contribution is 2.30. The Kier molecular flexibility index (Phi) is 8.74. The van der Waals surface area contributed by atoms with Crippen molar-refractivity contribution in [3.05, 3.63) is 91.4 Å². The van der Waals surface area contributed by atoms with Gasteiger partial charge in [-0.15, -0.1) is 0 Å². The number of esters is 1. The molecule has 1 amide bonds. The van der Waals surface area contributed by atoms with Gasteiger partial charge < -0.3 is 14.2 Å². The van der Waals surface area contributed by atoms with Crippen LogP contribution in [0.25, 0.3) is 0 Å². The number of hydrogen-bond acceptors (Lipinski definition) is 8. The van der Waals surface area contributed by atoms with Gasteiger partial charge in [-0.05, 0) is 76.8 Å². The van der Waals surface area contributed by atoms with Crippen LogP contribution in [0, 0.1) is 24.0 Å². The van der Waals surface area contributed by atoms with E-state index in [0.717, 1.165) is 0 Å². The second-order valence-corrected chi connectivity index (χ2v) is 8.38. The van der Waals surface area contributed by atoms with Crippen LogP contribution in [-0.4, -0.2) is 36.7 Å². The number of amides is 1. The molecule has 0 aliphatic rings. The van der Waals surface area contributed by atoms with E-state index < -0.39 is 16.8 Å². The lowest BCUT2D eigenvalue weighted by molar-refractivity contribution is -0.385. The van der Waals surface area contributed by atoms with Gasteiger partial charge in [-0.3, -0.25) is 14.9 Å². The summed E-state index contributed by atoms with van der Waals surface area (Å²) in [7, 11) is 1.44. The molecule has 3 aromatic carbocycles. The lowest BCUT2D eigenvalue weighted by Gasteiger charge is -2.11. The molecule has 0 saturated carbocycles. The van der Waals surface area contributed by atoms with E-state index in [1.54, 1.807) is 56.3 Å². The predicted octanol–water partition coefficient (Wildman–Crippen LogP) is 4.73. The van der Waals surface area contributed by atoms with Crippen molar-refractivity contribution in [1.29, 1.82) is 0 Å². The monoisotopic (exact) mass is 555 g/mol. The van der Waals surface area contributed by atoms with E-state index in [4.69, 9.17) is 14.2 Å². The fourth-order valence-electron chi connectivity index (χ4n) is 3.24. The maximum Gasteiger partial charge on any atom is 0.344 e. The summed E-state index contributed by atoms with van der Waals surface area (Å²) < 4.78 is 16.9. The van der Waals surface area contributed by atoms with Gasteiger partial charge in [-0.1, -0.05) is 12.1 Å². The number of nitrogens with zero attached hydrogens (tertiary/aromatic N) is 2. The Labute approximate surface area is 215 Å². The topological polar surface area (TPSA) is 129 Å². The van der Waals surface area contributed by atoms with Crippen LogP contribution in [0.1, 0.15) is 27.0 Å². The lowest BCUT2D eigenvalue weighted by atomic mass is 10.1. The fraction of sp³-hybridized carbons (Fsp3) is 0.160. The molecule has 0 unspecified atom stereocenters. The molecule has 0 aromatic heterocycles. The number of benzene rings is 3. The molecule has 0 radical (unpaired) electrons. The van der Waals surface area contributed by atoms with E-state index in [0.29, 0.717) is 38.2 Å². The first-order chi connectivity index (χ1) is 17.2. The zero-order valence-electron chi connectivity index (χ0n) is 19.6. The number of hydrogen-bond donors (Lipinski definition) is 1. The smallest absolute Gasteiger partial charge is 0.344 e. The zero-order chi connectivity index (χ0) is 26.2. The molecule has 3 rings (SSSR count). The molecule has 0 atom stereocenters. The summed E-state index contributed by atoms with van der Waals surface area (Å²) in [5.74, 6) is -0.140. The van der Waals surface area contributed by atoms with Gasteiger partial charge in [0, 0.05) is 16.6 Å². The molecule has 3 aromatic rings. The van der Waals surface area contributed by atoms with Crippen molar-refractivity contribution in [2.75, 3.05) is 13.7 Å². The largest absolute Gasteiger partial charge is 0.493 e. The molecule has 0 fully saturated rings. The summed E-state index contributed by atoms with van der Waals surface area (Å²) in [6.07, 6.45) is 1.39. The van der Waals surface area contributed by atoms with Gasteiger partial charge in [0.05, 0.1) is 23.8 Å². The summed E-state index contributed by atoms with van der Waals surface area (Å²) in [4.78, 5) is 35.0. The lowest BCUT2D eigenvalue weighted by Crippen LogP contribution is -2.25. The van der Waals surface area contributed by atoms with Crippen LogP contribution in [0.2, 0.25) is 0 Å². The van der Waals surface area contributed by atoms with Gasteiger partial charge in [0.2, 0.25) is 0 Å². The Morgan fingerprint density at radius 1 is 1.08 bits per heavy atom. The zero-order valence-corrected chi connectivity index (χ0v) is 21.2. The van der Waals surface area contributed by atoms with Crippen LogP contribution in [0.15, 0.2) is 64.2 Å². The van der Waals surface area contributed by atoms with Gasteiger partial charge in [0.15, 0.2) is 18.1 Å². The standard InChI is InChI=1S/C25H22BrN3O7/c1-15-10-18(29(32)33)11-16(2)24(15)35-14-23(30)28-27-13-17-8-9-21(22(12-17)34-3)36-25(31)19-6-4-5-7-20(19)26/h4-13H,14H2,1-3H3,(H,28,30)/b27-13+. The van der Waals surface area contributed by atoms with Crippen LogP contribution < -0.4 is 19.6 Å². The van der Waals surface area contributed by atoms with Crippen LogP contribution >= 0.6 is 15.9 Å². The average molecular weight is 556 g/mol. The van der Waals surface area contributed by atoms with Crippen molar-refractivity contribution in [1.82, 2.24) is 5.43 Å². The minimum atomic E-state index is -0.548. The summed E-state index contributed by atoms with van der Waals surface area (Å²) in [6.45, 7) is 3.00. The molecule has 0 bridgehead atoms. The molecule has 1 N–H and O–H groups in total. The molecule has 0 heterocycles.